The van der Waals surface area contributed by atoms with Gasteiger partial charge in [0.2, 0.25) is 5.91 Å². The van der Waals surface area contributed by atoms with Crippen molar-refractivity contribution in [1.29, 1.82) is 0 Å². The van der Waals surface area contributed by atoms with Crippen molar-refractivity contribution in [2.75, 3.05) is 31.9 Å². The van der Waals surface area contributed by atoms with E-state index in [-0.39, 0.29) is 0 Å². The molecule has 4 heteroatoms. The maximum absolute atomic E-state index is 12.3. The van der Waals surface area contributed by atoms with E-state index in [4.69, 9.17) is 5.73 Å². The maximum Gasteiger partial charge on any atom is 0.222 e. The summed E-state index contributed by atoms with van der Waals surface area (Å²) >= 11 is 0. The fraction of sp³-hybridized carbons (Fsp3) is 0.562. The predicted molar refractivity (Wildman–Crippen MR) is 80.4 cm³/mol. The van der Waals surface area contributed by atoms with Crippen molar-refractivity contribution in [2.24, 2.45) is 0 Å². The highest BCUT2D eigenvalue weighted by Gasteiger charge is 2.32. The van der Waals surface area contributed by atoms with E-state index in [1.807, 2.05) is 24.3 Å². The lowest BCUT2D eigenvalue weighted by atomic mass is 10.1. The monoisotopic (exact) mass is 273 g/mol. The van der Waals surface area contributed by atoms with Crippen LogP contribution < -0.4 is 5.73 Å². The van der Waals surface area contributed by atoms with E-state index >= 15 is 0 Å². The summed E-state index contributed by atoms with van der Waals surface area (Å²) in [6.07, 6.45) is 3.92. The van der Waals surface area contributed by atoms with Gasteiger partial charge in [0.25, 0.3) is 0 Å². The average molecular weight is 273 g/mol. The molecule has 0 aromatic heterocycles. The third-order valence-electron chi connectivity index (χ3n) is 4.52. The number of aryl methyl sites for hydroxylation is 1. The zero-order valence-corrected chi connectivity index (χ0v) is 11.9. The van der Waals surface area contributed by atoms with Crippen molar-refractivity contribution in [3.05, 3.63) is 29.8 Å². The number of hydrogen-bond acceptors (Lipinski definition) is 3. The molecule has 1 amide bonds. The van der Waals surface area contributed by atoms with Gasteiger partial charge in [0, 0.05) is 37.8 Å². The molecule has 1 aromatic carbocycles. The van der Waals surface area contributed by atoms with Crippen LogP contribution in [0, 0.1) is 0 Å². The van der Waals surface area contributed by atoms with Gasteiger partial charge in [-0.2, -0.15) is 0 Å². The van der Waals surface area contributed by atoms with Crippen LogP contribution in [0.5, 0.6) is 0 Å². The standard InChI is InChI=1S/C16H23N3O/c17-14-4-1-3-13(11-14)6-7-16(20)19-10-9-18-8-2-5-15(18)12-19/h1,3-4,11,15H,2,5-10,12,17H2. The van der Waals surface area contributed by atoms with Crippen LogP contribution in [0.25, 0.3) is 0 Å². The van der Waals surface area contributed by atoms with Crippen molar-refractivity contribution in [1.82, 2.24) is 9.80 Å². The Labute approximate surface area is 120 Å². The van der Waals surface area contributed by atoms with Gasteiger partial charge in [-0.1, -0.05) is 12.1 Å². The molecule has 2 aliphatic heterocycles. The summed E-state index contributed by atoms with van der Waals surface area (Å²) in [5.74, 6) is 0.291. The summed E-state index contributed by atoms with van der Waals surface area (Å²) in [6.45, 7) is 4.09. The van der Waals surface area contributed by atoms with Gasteiger partial charge in [0.1, 0.15) is 0 Å². The molecule has 108 valence electrons. The third-order valence-corrected chi connectivity index (χ3v) is 4.52. The minimum absolute atomic E-state index is 0.291. The van der Waals surface area contributed by atoms with Gasteiger partial charge in [0.05, 0.1) is 0 Å². The molecule has 2 fully saturated rings. The first-order chi connectivity index (χ1) is 9.72. The van der Waals surface area contributed by atoms with Crippen LogP contribution in [0.1, 0.15) is 24.8 Å². The number of nitrogens with two attached hydrogens (primary N) is 1. The average Bonchev–Trinajstić information content (AvgIpc) is 2.92. The minimum atomic E-state index is 0.291. The zero-order valence-electron chi connectivity index (χ0n) is 11.9. The zero-order chi connectivity index (χ0) is 13.9. The highest BCUT2D eigenvalue weighted by atomic mass is 16.2. The number of nitrogen functional groups attached to an aromatic ring is 1. The molecule has 20 heavy (non-hydrogen) atoms. The maximum atomic E-state index is 12.3. The first-order valence-electron chi connectivity index (χ1n) is 7.58. The number of nitrogens with zero attached hydrogens (tertiary/aromatic N) is 2. The molecule has 4 nitrogen and oxygen atoms in total. The normalized spacial score (nSPS) is 22.8. The lowest BCUT2D eigenvalue weighted by Gasteiger charge is -2.37. The molecule has 3 rings (SSSR count). The van der Waals surface area contributed by atoms with Crippen LogP contribution in [-0.4, -0.2) is 47.9 Å². The lowest BCUT2D eigenvalue weighted by Crippen LogP contribution is -2.52. The Morgan fingerprint density at radius 3 is 3.05 bits per heavy atom. The predicted octanol–water partition coefficient (Wildman–Crippen LogP) is 1.51. The van der Waals surface area contributed by atoms with Crippen molar-refractivity contribution in [2.45, 2.75) is 31.7 Å². The molecule has 0 saturated carbocycles. The number of hydrogen-bond donors (Lipinski definition) is 1. The van der Waals surface area contributed by atoms with Crippen molar-refractivity contribution in [3.63, 3.8) is 0 Å². The smallest absolute Gasteiger partial charge is 0.222 e. The van der Waals surface area contributed by atoms with Crippen LogP contribution in [0.3, 0.4) is 0 Å². The van der Waals surface area contributed by atoms with Crippen LogP contribution >= 0.6 is 0 Å². The molecule has 0 spiro atoms. The molecule has 2 aliphatic rings. The van der Waals surface area contributed by atoms with Crippen molar-refractivity contribution < 1.29 is 4.79 Å². The van der Waals surface area contributed by atoms with Gasteiger partial charge in [-0.25, -0.2) is 0 Å². The van der Waals surface area contributed by atoms with E-state index in [1.54, 1.807) is 0 Å². The SMILES string of the molecule is Nc1cccc(CCC(=O)N2CCN3CCCC3C2)c1. The van der Waals surface area contributed by atoms with Crippen LogP contribution in [0.2, 0.25) is 0 Å². The van der Waals surface area contributed by atoms with Crippen LogP contribution in [0.15, 0.2) is 24.3 Å². The molecule has 1 unspecified atom stereocenters. The Kier molecular flexibility index (Phi) is 3.92. The van der Waals surface area contributed by atoms with Crippen LogP contribution in [0.4, 0.5) is 5.69 Å². The molecule has 1 aromatic rings. The largest absolute Gasteiger partial charge is 0.399 e. The summed E-state index contributed by atoms with van der Waals surface area (Å²) < 4.78 is 0. The topological polar surface area (TPSA) is 49.6 Å². The second kappa shape index (κ2) is 5.83. The Morgan fingerprint density at radius 2 is 2.20 bits per heavy atom. The fourth-order valence-corrected chi connectivity index (χ4v) is 3.38. The molecular formula is C16H23N3O. The Bertz CT molecular complexity index is 488. The van der Waals surface area contributed by atoms with Gasteiger partial charge in [-0.05, 0) is 43.5 Å². The number of rotatable bonds is 3. The molecule has 2 saturated heterocycles. The minimum Gasteiger partial charge on any atom is -0.399 e. The van der Waals surface area contributed by atoms with Crippen molar-refractivity contribution >= 4 is 11.6 Å². The lowest BCUT2D eigenvalue weighted by molar-refractivity contribution is -0.133. The molecule has 0 bridgehead atoms. The molecule has 0 aliphatic carbocycles. The number of carbonyl (C=O) groups is 1. The summed E-state index contributed by atoms with van der Waals surface area (Å²) in [7, 11) is 0. The number of amides is 1. The number of anilines is 1. The fourth-order valence-electron chi connectivity index (χ4n) is 3.38. The van der Waals surface area contributed by atoms with E-state index in [1.165, 1.54) is 19.4 Å². The molecule has 1 atom stereocenters. The Hall–Kier alpha value is -1.55. The highest BCUT2D eigenvalue weighted by molar-refractivity contribution is 5.76. The molecule has 2 N–H and O–H groups in total. The number of fused-ring (bicyclic) bond motifs is 1. The quantitative estimate of drug-likeness (QED) is 0.849. The van der Waals surface area contributed by atoms with Crippen molar-refractivity contribution in [3.8, 4) is 0 Å². The summed E-state index contributed by atoms with van der Waals surface area (Å²) in [5.41, 5.74) is 7.69. The van der Waals surface area contributed by atoms with Gasteiger partial charge < -0.3 is 10.6 Å². The molecule has 2 heterocycles. The number of carbonyl (C=O) groups excluding carboxylic acids is 1. The highest BCUT2D eigenvalue weighted by Crippen LogP contribution is 2.22. The van der Waals surface area contributed by atoms with E-state index in [0.29, 0.717) is 18.4 Å². The number of piperazine rings is 1. The third kappa shape index (κ3) is 2.96. The van der Waals surface area contributed by atoms with E-state index in [0.717, 1.165) is 37.3 Å². The molecular weight excluding hydrogens is 250 g/mol. The second-order valence-corrected chi connectivity index (χ2v) is 5.92. The number of benzene rings is 1. The van der Waals surface area contributed by atoms with Gasteiger partial charge >= 0.3 is 0 Å². The van der Waals surface area contributed by atoms with Gasteiger partial charge in [-0.15, -0.1) is 0 Å². The van der Waals surface area contributed by atoms with E-state index in [2.05, 4.69) is 9.80 Å². The van der Waals surface area contributed by atoms with E-state index in [9.17, 15) is 4.79 Å². The summed E-state index contributed by atoms with van der Waals surface area (Å²) in [4.78, 5) is 16.9. The van der Waals surface area contributed by atoms with Crippen LogP contribution in [-0.2, 0) is 11.2 Å². The van der Waals surface area contributed by atoms with Gasteiger partial charge in [0.15, 0.2) is 0 Å². The van der Waals surface area contributed by atoms with Gasteiger partial charge in [-0.3, -0.25) is 9.69 Å². The first-order valence-corrected chi connectivity index (χ1v) is 7.58. The summed E-state index contributed by atoms with van der Waals surface area (Å²) in [5, 5.41) is 0. The second-order valence-electron chi connectivity index (χ2n) is 5.92. The Morgan fingerprint density at radius 1 is 1.30 bits per heavy atom. The Balaban J connectivity index is 1.52. The first kappa shape index (κ1) is 13.4. The molecule has 0 radical (unpaired) electrons. The van der Waals surface area contributed by atoms with E-state index < -0.39 is 0 Å². The summed E-state index contributed by atoms with van der Waals surface area (Å²) in [6, 6.07) is 8.44.